The molecule has 6 nitrogen and oxygen atoms in total. The van der Waals surface area contributed by atoms with Crippen molar-refractivity contribution in [1.82, 2.24) is 9.97 Å². The van der Waals surface area contributed by atoms with Crippen LogP contribution < -0.4 is 10.3 Å². The number of nitrogens with one attached hydrogen (secondary N) is 1. The lowest BCUT2D eigenvalue weighted by Crippen LogP contribution is -2.16. The summed E-state index contributed by atoms with van der Waals surface area (Å²) in [6, 6.07) is 5.26. The molecule has 0 amide bonds. The van der Waals surface area contributed by atoms with Crippen LogP contribution in [0, 0.1) is 11.3 Å². The summed E-state index contributed by atoms with van der Waals surface area (Å²) < 4.78 is 10.8. The maximum absolute atomic E-state index is 12.0. The molecule has 0 fully saturated rings. The van der Waals surface area contributed by atoms with Crippen LogP contribution in [0.15, 0.2) is 22.1 Å². The Hall–Kier alpha value is -2.01. The Balaban J connectivity index is 2.32. The van der Waals surface area contributed by atoms with Crippen molar-refractivity contribution in [3.8, 4) is 23.1 Å². The van der Waals surface area contributed by atoms with Gasteiger partial charge in [0.25, 0.3) is 5.56 Å². The Labute approximate surface area is 135 Å². The number of hydrogen-bond donors (Lipinski definition) is 1. The van der Waals surface area contributed by atoms with Gasteiger partial charge in [-0.3, -0.25) is 4.79 Å². The summed E-state index contributed by atoms with van der Waals surface area (Å²) in [5.41, 5.74) is 0.973. The number of thioether (sulfide) groups is 1. The SMILES string of the molecule is CSc1nc(-c2cc(Cl)cc3c2OCOC3)c(C#N)c(=O)[nH]1. The average Bonchev–Trinajstić information content (AvgIpc) is 2.53. The molecule has 0 spiro atoms. The molecule has 22 heavy (non-hydrogen) atoms. The summed E-state index contributed by atoms with van der Waals surface area (Å²) in [6.45, 7) is 0.450. The van der Waals surface area contributed by atoms with E-state index in [2.05, 4.69) is 9.97 Å². The van der Waals surface area contributed by atoms with Crippen molar-refractivity contribution in [1.29, 1.82) is 5.26 Å². The van der Waals surface area contributed by atoms with Crippen LogP contribution in [-0.4, -0.2) is 23.0 Å². The number of H-pyrrole nitrogens is 1. The Kier molecular flexibility index (Phi) is 4.07. The summed E-state index contributed by atoms with van der Waals surface area (Å²) in [7, 11) is 0. The van der Waals surface area contributed by atoms with Crippen molar-refractivity contribution in [3.05, 3.63) is 38.6 Å². The molecule has 0 unspecified atom stereocenters. The number of nitriles is 1. The maximum Gasteiger partial charge on any atom is 0.270 e. The van der Waals surface area contributed by atoms with Crippen LogP contribution in [0.1, 0.15) is 11.1 Å². The first-order chi connectivity index (χ1) is 10.6. The molecule has 0 radical (unpaired) electrons. The molecule has 1 N–H and O–H groups in total. The minimum atomic E-state index is -0.488. The van der Waals surface area contributed by atoms with E-state index >= 15 is 0 Å². The zero-order valence-electron chi connectivity index (χ0n) is 11.5. The summed E-state index contributed by atoms with van der Waals surface area (Å²) in [5, 5.41) is 10.2. The smallest absolute Gasteiger partial charge is 0.270 e. The van der Waals surface area contributed by atoms with Gasteiger partial charge in [-0.2, -0.15) is 5.26 Å². The van der Waals surface area contributed by atoms with Crippen molar-refractivity contribution in [3.63, 3.8) is 0 Å². The topological polar surface area (TPSA) is 88.0 Å². The van der Waals surface area contributed by atoms with Crippen LogP contribution >= 0.6 is 23.4 Å². The van der Waals surface area contributed by atoms with Crippen molar-refractivity contribution >= 4 is 23.4 Å². The van der Waals surface area contributed by atoms with Crippen LogP contribution in [0.4, 0.5) is 0 Å². The largest absolute Gasteiger partial charge is 0.466 e. The van der Waals surface area contributed by atoms with E-state index in [0.29, 0.717) is 28.1 Å². The number of ether oxygens (including phenoxy) is 2. The molecule has 1 aromatic carbocycles. The van der Waals surface area contributed by atoms with E-state index in [1.807, 2.05) is 6.07 Å². The van der Waals surface area contributed by atoms with E-state index in [4.69, 9.17) is 21.1 Å². The van der Waals surface area contributed by atoms with Gasteiger partial charge < -0.3 is 14.5 Å². The van der Waals surface area contributed by atoms with Crippen molar-refractivity contribution in [2.75, 3.05) is 13.0 Å². The number of aromatic amines is 1. The monoisotopic (exact) mass is 335 g/mol. The van der Waals surface area contributed by atoms with E-state index in [0.717, 1.165) is 5.56 Å². The van der Waals surface area contributed by atoms with Gasteiger partial charge in [-0.25, -0.2) is 4.98 Å². The lowest BCUT2D eigenvalue weighted by Gasteiger charge is -2.21. The fourth-order valence-electron chi connectivity index (χ4n) is 2.20. The molecule has 112 valence electrons. The molecule has 0 atom stereocenters. The lowest BCUT2D eigenvalue weighted by molar-refractivity contribution is -0.0159. The van der Waals surface area contributed by atoms with Gasteiger partial charge in [0.15, 0.2) is 11.9 Å². The standard InChI is InChI=1S/C14H10ClN3O3S/c1-22-14-17-11(10(4-16)13(19)18-14)9-3-8(15)2-7-5-20-6-21-12(7)9/h2-3H,5-6H2,1H3,(H,17,18,19). The Morgan fingerprint density at radius 3 is 3.05 bits per heavy atom. The first kappa shape index (κ1) is 14.9. The molecule has 1 aromatic heterocycles. The highest BCUT2D eigenvalue weighted by Crippen LogP contribution is 2.38. The zero-order valence-corrected chi connectivity index (χ0v) is 13.0. The third-order valence-corrected chi connectivity index (χ3v) is 3.93. The van der Waals surface area contributed by atoms with Gasteiger partial charge >= 0.3 is 0 Å². The second kappa shape index (κ2) is 6.01. The van der Waals surface area contributed by atoms with Gasteiger partial charge in [-0.15, -0.1) is 0 Å². The van der Waals surface area contributed by atoms with E-state index in [1.54, 1.807) is 18.4 Å². The number of fused-ring (bicyclic) bond motifs is 1. The quantitative estimate of drug-likeness (QED) is 0.670. The number of rotatable bonds is 2. The second-order valence-corrected chi connectivity index (χ2v) is 5.69. The molecular formula is C14H10ClN3O3S. The Bertz CT molecular complexity index is 844. The fourth-order valence-corrected chi connectivity index (χ4v) is 2.82. The highest BCUT2D eigenvalue weighted by molar-refractivity contribution is 7.98. The number of nitrogens with zero attached hydrogens (tertiary/aromatic N) is 2. The van der Waals surface area contributed by atoms with Gasteiger partial charge in [0.1, 0.15) is 23.1 Å². The first-order valence-corrected chi connectivity index (χ1v) is 7.86. The Morgan fingerprint density at radius 2 is 2.32 bits per heavy atom. The van der Waals surface area contributed by atoms with Crippen LogP contribution in [0.5, 0.6) is 5.75 Å². The molecule has 3 rings (SSSR count). The molecule has 1 aliphatic rings. The lowest BCUT2D eigenvalue weighted by atomic mass is 10.0. The average molecular weight is 336 g/mol. The van der Waals surface area contributed by atoms with Crippen molar-refractivity contribution in [2.45, 2.75) is 11.8 Å². The second-order valence-electron chi connectivity index (χ2n) is 4.46. The maximum atomic E-state index is 12.0. The number of benzene rings is 1. The first-order valence-electron chi connectivity index (χ1n) is 6.25. The molecule has 0 aliphatic carbocycles. The van der Waals surface area contributed by atoms with Gasteiger partial charge in [0.05, 0.1) is 6.61 Å². The summed E-state index contributed by atoms with van der Waals surface area (Å²) in [5.74, 6) is 0.539. The number of halogens is 1. The molecule has 8 heteroatoms. The van der Waals surface area contributed by atoms with Crippen LogP contribution in [0.2, 0.25) is 5.02 Å². The summed E-state index contributed by atoms with van der Waals surface area (Å²) >= 11 is 7.41. The van der Waals surface area contributed by atoms with E-state index in [-0.39, 0.29) is 18.1 Å². The Morgan fingerprint density at radius 1 is 1.50 bits per heavy atom. The molecule has 2 heterocycles. The molecule has 0 saturated heterocycles. The molecule has 1 aliphatic heterocycles. The van der Waals surface area contributed by atoms with Gasteiger partial charge in [-0.1, -0.05) is 23.4 Å². The van der Waals surface area contributed by atoms with Gasteiger partial charge in [-0.05, 0) is 18.4 Å². The minimum Gasteiger partial charge on any atom is -0.466 e. The fraction of sp³-hybridized carbons (Fsp3) is 0.214. The van der Waals surface area contributed by atoms with Gasteiger partial charge in [0.2, 0.25) is 0 Å². The van der Waals surface area contributed by atoms with Crippen LogP contribution in [0.3, 0.4) is 0 Å². The molecular weight excluding hydrogens is 326 g/mol. The normalized spacial score (nSPS) is 13.1. The number of hydrogen-bond acceptors (Lipinski definition) is 6. The predicted octanol–water partition coefficient (Wildman–Crippen LogP) is 2.55. The van der Waals surface area contributed by atoms with Gasteiger partial charge in [0, 0.05) is 16.1 Å². The van der Waals surface area contributed by atoms with Crippen LogP contribution in [0.25, 0.3) is 11.3 Å². The molecule has 2 aromatic rings. The summed E-state index contributed by atoms with van der Waals surface area (Å²) in [6.07, 6.45) is 1.78. The van der Waals surface area contributed by atoms with Crippen molar-refractivity contribution in [2.24, 2.45) is 0 Å². The highest BCUT2D eigenvalue weighted by atomic mass is 35.5. The molecule has 0 bridgehead atoms. The zero-order chi connectivity index (χ0) is 15.7. The third-order valence-electron chi connectivity index (χ3n) is 3.13. The predicted molar refractivity (Wildman–Crippen MR) is 82.1 cm³/mol. The van der Waals surface area contributed by atoms with E-state index in [1.165, 1.54) is 11.8 Å². The number of aromatic nitrogens is 2. The van der Waals surface area contributed by atoms with Crippen molar-refractivity contribution < 1.29 is 9.47 Å². The van der Waals surface area contributed by atoms with Crippen LogP contribution in [-0.2, 0) is 11.3 Å². The third kappa shape index (κ3) is 2.57. The summed E-state index contributed by atoms with van der Waals surface area (Å²) in [4.78, 5) is 19.0. The van der Waals surface area contributed by atoms with E-state index < -0.39 is 5.56 Å². The minimum absolute atomic E-state index is 0.0719. The molecule has 0 saturated carbocycles. The van der Waals surface area contributed by atoms with E-state index in [9.17, 15) is 10.1 Å². The highest BCUT2D eigenvalue weighted by Gasteiger charge is 2.22.